The summed E-state index contributed by atoms with van der Waals surface area (Å²) in [6.07, 6.45) is 3.25. The lowest BCUT2D eigenvalue weighted by Crippen LogP contribution is -2.29. The van der Waals surface area contributed by atoms with Gasteiger partial charge < -0.3 is 5.32 Å². The molecule has 0 aliphatic rings. The lowest BCUT2D eigenvalue weighted by molar-refractivity contribution is -0.116. The van der Waals surface area contributed by atoms with Crippen LogP contribution in [0.3, 0.4) is 0 Å². The van der Waals surface area contributed by atoms with Crippen LogP contribution in [0.25, 0.3) is 6.08 Å². The maximum atomic E-state index is 11.9. The average molecular weight is 350 g/mol. The van der Waals surface area contributed by atoms with Gasteiger partial charge in [0.2, 0.25) is 5.91 Å². The van der Waals surface area contributed by atoms with Crippen LogP contribution in [-0.4, -0.2) is 22.1 Å². The van der Waals surface area contributed by atoms with Crippen molar-refractivity contribution in [2.75, 3.05) is 0 Å². The van der Waals surface area contributed by atoms with Crippen molar-refractivity contribution in [2.45, 2.75) is 13.0 Å². The summed E-state index contributed by atoms with van der Waals surface area (Å²) >= 11 is 4.93. The number of carbonyl (C=O) groups is 1. The highest BCUT2D eigenvalue weighted by molar-refractivity contribution is 7.80. The number of hydrogen-bond acceptors (Lipinski definition) is 3. The Labute approximate surface area is 152 Å². The van der Waals surface area contributed by atoms with Crippen LogP contribution >= 0.6 is 12.2 Å². The van der Waals surface area contributed by atoms with E-state index in [1.807, 2.05) is 42.7 Å². The van der Waals surface area contributed by atoms with E-state index in [-0.39, 0.29) is 16.9 Å². The molecule has 0 aromatic heterocycles. The third kappa shape index (κ3) is 6.22. The summed E-state index contributed by atoms with van der Waals surface area (Å²) in [4.78, 5) is 12.1. The third-order valence-corrected chi connectivity index (χ3v) is 3.59. The number of rotatable bonds is 4. The topological polar surface area (TPSA) is 61.4 Å². The first kappa shape index (κ1) is 18.4. The highest BCUT2D eigenvalue weighted by Crippen LogP contribution is 2.04. The quantitative estimate of drug-likeness (QED) is 0.343. The van der Waals surface area contributed by atoms with Crippen molar-refractivity contribution in [3.63, 3.8) is 0 Å². The van der Waals surface area contributed by atoms with Crippen LogP contribution in [0.5, 0.6) is 0 Å². The molecule has 0 heterocycles. The van der Waals surface area contributed by atoms with Crippen molar-refractivity contribution >= 4 is 29.2 Å². The van der Waals surface area contributed by atoms with Gasteiger partial charge in [-0.25, -0.2) is 0 Å². The van der Waals surface area contributed by atoms with Crippen molar-refractivity contribution in [3.8, 4) is 11.8 Å². The van der Waals surface area contributed by atoms with Crippen LogP contribution < -0.4 is 10.8 Å². The first-order valence-corrected chi connectivity index (χ1v) is 8.09. The molecule has 0 fully saturated rings. The van der Waals surface area contributed by atoms with Gasteiger partial charge in [-0.2, -0.15) is 0 Å². The minimum atomic E-state index is -0.284. The van der Waals surface area contributed by atoms with Gasteiger partial charge in [0.05, 0.1) is 6.04 Å². The Kier molecular flexibility index (Phi) is 6.90. The number of thiocarbonyl (C=S) groups is 1. The lowest BCUT2D eigenvalue weighted by atomic mass is 10.1. The fourth-order valence-electron chi connectivity index (χ4n) is 1.99. The Bertz CT molecular complexity index is 818. The molecule has 0 saturated heterocycles. The molecule has 2 rings (SSSR count). The van der Waals surface area contributed by atoms with Crippen LogP contribution in [0, 0.1) is 11.8 Å². The SMILES string of the molecule is C[C@@H](C#Cc1ccc(C(=S)NO)cc1)NC(=O)C=Cc1ccccc1. The van der Waals surface area contributed by atoms with Crippen LogP contribution in [0.2, 0.25) is 0 Å². The molecule has 0 aliphatic carbocycles. The summed E-state index contributed by atoms with van der Waals surface area (Å²) in [5, 5.41) is 11.6. The second-order valence-corrected chi connectivity index (χ2v) is 5.67. The fourth-order valence-corrected chi connectivity index (χ4v) is 2.13. The van der Waals surface area contributed by atoms with Gasteiger partial charge in [0.25, 0.3) is 0 Å². The first-order chi connectivity index (χ1) is 12.1. The van der Waals surface area contributed by atoms with E-state index in [9.17, 15) is 4.79 Å². The number of hydrogen-bond donors (Lipinski definition) is 3. The molecule has 5 heteroatoms. The molecule has 1 atom stereocenters. The molecule has 1 amide bonds. The Morgan fingerprint density at radius 1 is 1.16 bits per heavy atom. The minimum Gasteiger partial charge on any atom is -0.339 e. The van der Waals surface area contributed by atoms with E-state index >= 15 is 0 Å². The van der Waals surface area contributed by atoms with E-state index in [1.54, 1.807) is 30.3 Å². The van der Waals surface area contributed by atoms with Gasteiger partial charge in [0, 0.05) is 17.2 Å². The first-order valence-electron chi connectivity index (χ1n) is 7.68. The van der Waals surface area contributed by atoms with Crippen LogP contribution in [0.1, 0.15) is 23.6 Å². The predicted octanol–water partition coefficient (Wildman–Crippen LogP) is 2.91. The number of benzene rings is 2. The van der Waals surface area contributed by atoms with Crippen LogP contribution in [-0.2, 0) is 4.79 Å². The van der Waals surface area contributed by atoms with Gasteiger partial charge in [-0.05, 0) is 30.7 Å². The molecule has 0 bridgehead atoms. The van der Waals surface area contributed by atoms with Crippen molar-refractivity contribution in [1.29, 1.82) is 0 Å². The van der Waals surface area contributed by atoms with Gasteiger partial charge in [0.1, 0.15) is 4.99 Å². The average Bonchev–Trinajstić information content (AvgIpc) is 2.65. The van der Waals surface area contributed by atoms with E-state index < -0.39 is 0 Å². The van der Waals surface area contributed by atoms with Gasteiger partial charge in [0.15, 0.2) is 0 Å². The van der Waals surface area contributed by atoms with Crippen molar-refractivity contribution in [3.05, 3.63) is 77.4 Å². The molecule has 4 nitrogen and oxygen atoms in total. The molecule has 2 aromatic carbocycles. The summed E-state index contributed by atoms with van der Waals surface area (Å²) in [6.45, 7) is 1.82. The maximum Gasteiger partial charge on any atom is 0.244 e. The van der Waals surface area contributed by atoms with Gasteiger partial charge in [-0.3, -0.25) is 15.5 Å². The van der Waals surface area contributed by atoms with Gasteiger partial charge in [-0.15, -0.1) is 0 Å². The minimum absolute atomic E-state index is 0.194. The number of hydroxylamine groups is 1. The summed E-state index contributed by atoms with van der Waals surface area (Å²) in [7, 11) is 0. The molecule has 126 valence electrons. The maximum absolute atomic E-state index is 11.9. The predicted molar refractivity (Wildman–Crippen MR) is 103 cm³/mol. The lowest BCUT2D eigenvalue weighted by Gasteiger charge is -2.04. The second-order valence-electron chi connectivity index (χ2n) is 5.26. The Balaban J connectivity index is 1.91. The second kappa shape index (κ2) is 9.38. The molecule has 0 aliphatic heterocycles. The molecular formula is C20H18N2O2S. The van der Waals surface area contributed by atoms with E-state index in [1.165, 1.54) is 6.08 Å². The summed E-state index contributed by atoms with van der Waals surface area (Å²) < 4.78 is 0. The number of amides is 1. The molecule has 2 aromatic rings. The highest BCUT2D eigenvalue weighted by atomic mass is 32.1. The van der Waals surface area contributed by atoms with E-state index in [4.69, 9.17) is 17.4 Å². The monoisotopic (exact) mass is 350 g/mol. The normalized spacial score (nSPS) is 11.3. The zero-order valence-electron chi connectivity index (χ0n) is 13.7. The summed E-state index contributed by atoms with van der Waals surface area (Å²) in [6, 6.07) is 16.5. The van der Waals surface area contributed by atoms with Gasteiger partial charge >= 0.3 is 0 Å². The molecular weight excluding hydrogens is 332 g/mol. The van der Waals surface area contributed by atoms with E-state index in [0.717, 1.165) is 11.1 Å². The standard InChI is InChI=1S/C20H18N2O2S/c1-15(21-19(23)14-11-16-5-3-2-4-6-16)7-8-17-9-12-18(13-10-17)20(25)22-24/h2-6,9-15,24H,1H3,(H,21,23)(H,22,25)/t15-/m0/s1. The van der Waals surface area contributed by atoms with Crippen LogP contribution in [0.15, 0.2) is 60.7 Å². The molecule has 0 radical (unpaired) electrons. The zero-order valence-corrected chi connectivity index (χ0v) is 14.5. The largest absolute Gasteiger partial charge is 0.339 e. The Morgan fingerprint density at radius 2 is 1.84 bits per heavy atom. The number of carbonyl (C=O) groups excluding carboxylic acids is 1. The Morgan fingerprint density at radius 3 is 2.48 bits per heavy atom. The summed E-state index contributed by atoms with van der Waals surface area (Å²) in [5.74, 6) is 5.78. The van der Waals surface area contributed by atoms with Crippen molar-refractivity contribution in [1.82, 2.24) is 10.8 Å². The van der Waals surface area contributed by atoms with Crippen LogP contribution in [0.4, 0.5) is 0 Å². The molecule has 25 heavy (non-hydrogen) atoms. The number of nitrogens with one attached hydrogen (secondary N) is 2. The Hall–Kier alpha value is -2.94. The smallest absolute Gasteiger partial charge is 0.244 e. The zero-order chi connectivity index (χ0) is 18.1. The highest BCUT2D eigenvalue weighted by Gasteiger charge is 2.01. The van der Waals surface area contributed by atoms with Crippen molar-refractivity contribution < 1.29 is 10.0 Å². The van der Waals surface area contributed by atoms with E-state index in [2.05, 4.69) is 17.2 Å². The molecule has 0 unspecified atom stereocenters. The fraction of sp³-hybridized carbons (Fsp3) is 0.100. The third-order valence-electron chi connectivity index (χ3n) is 3.27. The molecule has 0 saturated carbocycles. The molecule has 0 spiro atoms. The summed E-state index contributed by atoms with van der Waals surface area (Å²) in [5.41, 5.74) is 4.40. The van der Waals surface area contributed by atoms with E-state index in [0.29, 0.717) is 5.56 Å². The molecule has 3 N–H and O–H groups in total. The van der Waals surface area contributed by atoms with Gasteiger partial charge in [-0.1, -0.05) is 66.5 Å². The van der Waals surface area contributed by atoms with Crippen molar-refractivity contribution in [2.24, 2.45) is 0 Å².